The van der Waals surface area contributed by atoms with Gasteiger partial charge in [0.25, 0.3) is 0 Å². The van der Waals surface area contributed by atoms with Crippen molar-refractivity contribution in [1.82, 2.24) is 4.37 Å². The Bertz CT molecular complexity index is 363. The van der Waals surface area contributed by atoms with Crippen LogP contribution >= 0.6 is 23.1 Å². The van der Waals surface area contributed by atoms with Gasteiger partial charge in [-0.25, -0.2) is 0 Å². The Hall–Kier alpha value is -0.790. The van der Waals surface area contributed by atoms with E-state index < -0.39 is 0 Å². The average Bonchev–Trinajstić information content (AvgIpc) is 2.79. The zero-order chi connectivity index (χ0) is 9.97. The molecular formula is C9H10ClN3S. The van der Waals surface area contributed by atoms with Crippen LogP contribution in [0.4, 0.5) is 5.69 Å². The summed E-state index contributed by atoms with van der Waals surface area (Å²) in [5.74, 6) is 0. The molecule has 1 aromatic heterocycles. The molecule has 0 radical (unpaired) electrons. The minimum Gasteiger partial charge on any atom is -0.378 e. The van der Waals surface area contributed by atoms with Crippen LogP contribution in [0.25, 0.3) is 0 Å². The number of aromatic nitrogens is 1. The maximum absolute atomic E-state index is 8.83. The quantitative estimate of drug-likeness (QED) is 0.845. The predicted molar refractivity (Wildman–Crippen MR) is 57.7 cm³/mol. The van der Waals surface area contributed by atoms with Gasteiger partial charge in [0, 0.05) is 6.04 Å². The summed E-state index contributed by atoms with van der Waals surface area (Å²) in [7, 11) is 0. The summed E-state index contributed by atoms with van der Waals surface area (Å²) in [5.41, 5.74) is 0.728. The van der Waals surface area contributed by atoms with Crippen molar-refractivity contribution in [2.45, 2.75) is 31.7 Å². The molecule has 1 aliphatic rings. The highest BCUT2D eigenvalue weighted by Gasteiger charge is 2.19. The Balaban J connectivity index is 2.14. The number of hydrogen-bond acceptors (Lipinski definition) is 4. The summed E-state index contributed by atoms with van der Waals surface area (Å²) in [4.78, 5) is 0.585. The SMILES string of the molecule is N#Cc1snc(Cl)c1NC1CCCC1. The van der Waals surface area contributed by atoms with E-state index in [2.05, 4.69) is 15.8 Å². The molecule has 74 valence electrons. The molecular weight excluding hydrogens is 218 g/mol. The van der Waals surface area contributed by atoms with Crippen LogP contribution in [-0.4, -0.2) is 10.4 Å². The van der Waals surface area contributed by atoms with Gasteiger partial charge in [0.1, 0.15) is 16.6 Å². The highest BCUT2D eigenvalue weighted by atomic mass is 35.5. The fourth-order valence-electron chi connectivity index (χ4n) is 1.75. The third-order valence-electron chi connectivity index (χ3n) is 2.46. The molecule has 1 fully saturated rings. The zero-order valence-corrected chi connectivity index (χ0v) is 9.16. The second-order valence-electron chi connectivity index (χ2n) is 3.42. The van der Waals surface area contributed by atoms with Crippen LogP contribution in [0.2, 0.25) is 5.15 Å². The number of nitriles is 1. The van der Waals surface area contributed by atoms with Gasteiger partial charge >= 0.3 is 0 Å². The van der Waals surface area contributed by atoms with Crippen molar-refractivity contribution < 1.29 is 0 Å². The summed E-state index contributed by atoms with van der Waals surface area (Å²) in [6, 6.07) is 2.57. The molecule has 0 saturated heterocycles. The molecule has 0 atom stereocenters. The first-order valence-corrected chi connectivity index (χ1v) is 5.78. The lowest BCUT2D eigenvalue weighted by Crippen LogP contribution is -2.14. The fourth-order valence-corrected chi connectivity index (χ4v) is 2.61. The van der Waals surface area contributed by atoms with Crippen molar-refractivity contribution in [1.29, 1.82) is 5.26 Å². The lowest BCUT2D eigenvalue weighted by Gasteiger charge is -2.11. The van der Waals surface area contributed by atoms with E-state index in [0.29, 0.717) is 16.1 Å². The van der Waals surface area contributed by atoms with E-state index in [1.54, 1.807) is 0 Å². The highest BCUT2D eigenvalue weighted by Crippen LogP contribution is 2.31. The van der Waals surface area contributed by atoms with E-state index in [9.17, 15) is 0 Å². The third-order valence-corrected chi connectivity index (χ3v) is 3.58. The van der Waals surface area contributed by atoms with Gasteiger partial charge in [-0.15, -0.1) is 0 Å². The van der Waals surface area contributed by atoms with Crippen LogP contribution in [0.1, 0.15) is 30.6 Å². The molecule has 1 N–H and O–H groups in total. The summed E-state index contributed by atoms with van der Waals surface area (Å²) in [6.07, 6.45) is 4.84. The predicted octanol–water partition coefficient (Wildman–Crippen LogP) is 3.02. The Morgan fingerprint density at radius 1 is 1.50 bits per heavy atom. The van der Waals surface area contributed by atoms with Gasteiger partial charge in [-0.3, -0.25) is 0 Å². The van der Waals surface area contributed by atoms with Gasteiger partial charge in [0.05, 0.1) is 0 Å². The molecule has 0 aromatic carbocycles. The first-order valence-electron chi connectivity index (χ1n) is 4.63. The van der Waals surface area contributed by atoms with Gasteiger partial charge in [0.2, 0.25) is 0 Å². The van der Waals surface area contributed by atoms with Crippen LogP contribution in [0, 0.1) is 11.3 Å². The van der Waals surface area contributed by atoms with E-state index in [1.165, 1.54) is 12.8 Å². The third kappa shape index (κ3) is 1.84. The Kier molecular flexibility index (Phi) is 2.90. The van der Waals surface area contributed by atoms with Gasteiger partial charge in [-0.2, -0.15) is 9.64 Å². The number of hydrogen-bond donors (Lipinski definition) is 1. The number of rotatable bonds is 2. The highest BCUT2D eigenvalue weighted by molar-refractivity contribution is 7.07. The Morgan fingerprint density at radius 3 is 2.86 bits per heavy atom. The zero-order valence-electron chi connectivity index (χ0n) is 7.59. The normalized spacial score (nSPS) is 16.9. The van der Waals surface area contributed by atoms with E-state index in [4.69, 9.17) is 16.9 Å². The second-order valence-corrected chi connectivity index (χ2v) is 4.55. The van der Waals surface area contributed by atoms with Gasteiger partial charge in [0.15, 0.2) is 5.15 Å². The lowest BCUT2D eigenvalue weighted by atomic mass is 10.2. The summed E-state index contributed by atoms with van der Waals surface area (Å²) < 4.78 is 3.95. The Labute approximate surface area is 91.9 Å². The van der Waals surface area contributed by atoms with Crippen LogP contribution in [0.15, 0.2) is 0 Å². The maximum atomic E-state index is 8.83. The number of halogens is 1. The molecule has 2 rings (SSSR count). The van der Waals surface area contributed by atoms with Crippen LogP contribution in [0.3, 0.4) is 0 Å². The molecule has 3 nitrogen and oxygen atoms in total. The van der Waals surface area contributed by atoms with E-state index >= 15 is 0 Å². The molecule has 0 bridgehead atoms. The Morgan fingerprint density at radius 2 is 2.21 bits per heavy atom. The fraction of sp³-hybridized carbons (Fsp3) is 0.556. The number of anilines is 1. The monoisotopic (exact) mass is 227 g/mol. The minimum absolute atomic E-state index is 0.429. The topological polar surface area (TPSA) is 48.7 Å². The van der Waals surface area contributed by atoms with Crippen molar-refractivity contribution in [3.8, 4) is 6.07 Å². The van der Waals surface area contributed by atoms with E-state index in [-0.39, 0.29) is 0 Å². The largest absolute Gasteiger partial charge is 0.378 e. The number of nitrogens with one attached hydrogen (secondary N) is 1. The molecule has 5 heteroatoms. The average molecular weight is 228 g/mol. The van der Waals surface area contributed by atoms with Crippen molar-refractivity contribution in [3.63, 3.8) is 0 Å². The van der Waals surface area contributed by atoms with Crippen molar-refractivity contribution in [2.24, 2.45) is 0 Å². The van der Waals surface area contributed by atoms with Crippen molar-refractivity contribution >= 4 is 28.8 Å². The second kappa shape index (κ2) is 4.16. The summed E-state index contributed by atoms with van der Waals surface area (Å²) in [6.45, 7) is 0. The van der Waals surface area contributed by atoms with E-state index in [1.807, 2.05) is 0 Å². The van der Waals surface area contributed by atoms with Gasteiger partial charge in [-0.05, 0) is 24.4 Å². The van der Waals surface area contributed by atoms with Gasteiger partial charge in [-0.1, -0.05) is 24.4 Å². The lowest BCUT2D eigenvalue weighted by molar-refractivity contribution is 0.755. The van der Waals surface area contributed by atoms with Crippen LogP contribution < -0.4 is 5.32 Å². The minimum atomic E-state index is 0.429. The van der Waals surface area contributed by atoms with E-state index in [0.717, 1.165) is 30.1 Å². The molecule has 0 amide bonds. The smallest absolute Gasteiger partial charge is 0.167 e. The molecule has 0 aliphatic heterocycles. The molecule has 1 aromatic rings. The molecule has 0 unspecified atom stereocenters. The standard InChI is InChI=1S/C9H10ClN3S/c10-9-8(7(5-11)14-13-9)12-6-3-1-2-4-6/h6,12H,1-4H2. The van der Waals surface area contributed by atoms with Crippen LogP contribution in [-0.2, 0) is 0 Å². The van der Waals surface area contributed by atoms with Crippen molar-refractivity contribution in [3.05, 3.63) is 10.0 Å². The van der Waals surface area contributed by atoms with Crippen LogP contribution in [0.5, 0.6) is 0 Å². The molecule has 1 saturated carbocycles. The summed E-state index contributed by atoms with van der Waals surface area (Å²) in [5, 5.41) is 12.6. The maximum Gasteiger partial charge on any atom is 0.167 e. The molecule has 0 spiro atoms. The molecule has 1 aliphatic carbocycles. The first-order chi connectivity index (χ1) is 6.81. The first kappa shape index (κ1) is 9.75. The molecule has 14 heavy (non-hydrogen) atoms. The number of nitrogens with zero attached hydrogens (tertiary/aromatic N) is 2. The van der Waals surface area contributed by atoms with Gasteiger partial charge < -0.3 is 5.32 Å². The molecule has 1 heterocycles. The summed E-state index contributed by atoms with van der Waals surface area (Å²) >= 11 is 7.04. The van der Waals surface area contributed by atoms with Crippen molar-refractivity contribution in [2.75, 3.05) is 5.32 Å².